The van der Waals surface area contributed by atoms with E-state index in [9.17, 15) is 9.59 Å². The predicted octanol–water partition coefficient (Wildman–Crippen LogP) is 2.92. The van der Waals surface area contributed by atoms with Crippen molar-refractivity contribution in [2.24, 2.45) is 0 Å². The highest BCUT2D eigenvalue weighted by molar-refractivity contribution is 5.99. The Balaban J connectivity index is 0.00000109. The van der Waals surface area contributed by atoms with Crippen molar-refractivity contribution in [2.75, 3.05) is 13.6 Å². The van der Waals surface area contributed by atoms with Crippen molar-refractivity contribution in [3.05, 3.63) is 29.8 Å². The molecule has 5 heteroatoms. The van der Waals surface area contributed by atoms with E-state index in [2.05, 4.69) is 29.4 Å². The van der Waals surface area contributed by atoms with Crippen LogP contribution in [0.4, 0.5) is 0 Å². The molecule has 3 rings (SSSR count). The third kappa shape index (κ3) is 5.56. The fourth-order valence-corrected chi connectivity index (χ4v) is 3.33. The van der Waals surface area contributed by atoms with Crippen LogP contribution in [0.3, 0.4) is 0 Å². The van der Waals surface area contributed by atoms with Crippen LogP contribution in [0.25, 0.3) is 0 Å². The summed E-state index contributed by atoms with van der Waals surface area (Å²) in [5.74, 6) is 0.121. The number of nitrogens with zero attached hydrogens (tertiary/aromatic N) is 1. The van der Waals surface area contributed by atoms with E-state index < -0.39 is 6.10 Å². The summed E-state index contributed by atoms with van der Waals surface area (Å²) in [5, 5.41) is 2.31. The van der Waals surface area contributed by atoms with Crippen molar-refractivity contribution in [3.8, 4) is 5.75 Å². The van der Waals surface area contributed by atoms with Gasteiger partial charge in [-0.2, -0.15) is 0 Å². The maximum Gasteiger partial charge on any atom is 0.267 e. The molecule has 5 nitrogen and oxygen atoms in total. The molecule has 1 N–H and O–H groups in total. The molecule has 2 fully saturated rings. The van der Waals surface area contributed by atoms with E-state index >= 15 is 0 Å². The SMILES string of the molecule is CC.CN1CCCCC1Cc1ccc(OC2CCC(=O)NC2=O)cc1. The van der Waals surface area contributed by atoms with Crippen molar-refractivity contribution in [2.45, 2.75) is 64.5 Å². The third-order valence-corrected chi connectivity index (χ3v) is 4.78. The van der Waals surface area contributed by atoms with Gasteiger partial charge in [-0.05, 0) is 50.6 Å². The molecule has 2 unspecified atom stereocenters. The molecule has 0 radical (unpaired) electrons. The Hall–Kier alpha value is -1.88. The highest BCUT2D eigenvalue weighted by Gasteiger charge is 2.28. The number of hydrogen-bond donors (Lipinski definition) is 1. The molecule has 0 bridgehead atoms. The molecule has 2 saturated heterocycles. The van der Waals surface area contributed by atoms with Gasteiger partial charge in [-0.25, -0.2) is 0 Å². The minimum absolute atomic E-state index is 0.221. The van der Waals surface area contributed by atoms with Crippen LogP contribution < -0.4 is 10.1 Å². The van der Waals surface area contributed by atoms with Gasteiger partial charge in [-0.1, -0.05) is 32.4 Å². The molecule has 1 aromatic carbocycles. The molecule has 0 aromatic heterocycles. The average molecular weight is 346 g/mol. The molecule has 2 aliphatic rings. The number of benzene rings is 1. The Morgan fingerprint density at radius 3 is 2.48 bits per heavy atom. The summed E-state index contributed by atoms with van der Waals surface area (Å²) in [6, 6.07) is 8.60. The zero-order valence-electron chi connectivity index (χ0n) is 15.6. The first-order valence-electron chi connectivity index (χ1n) is 9.41. The maximum absolute atomic E-state index is 11.7. The quantitative estimate of drug-likeness (QED) is 0.852. The fourth-order valence-electron chi connectivity index (χ4n) is 3.33. The number of ether oxygens (including phenoxy) is 1. The summed E-state index contributed by atoms with van der Waals surface area (Å²) in [7, 11) is 2.20. The summed E-state index contributed by atoms with van der Waals surface area (Å²) < 4.78 is 5.71. The van der Waals surface area contributed by atoms with Gasteiger partial charge >= 0.3 is 0 Å². The van der Waals surface area contributed by atoms with E-state index in [1.807, 2.05) is 26.0 Å². The van der Waals surface area contributed by atoms with Crippen molar-refractivity contribution in [1.29, 1.82) is 0 Å². The molecular weight excluding hydrogens is 316 g/mol. The van der Waals surface area contributed by atoms with Gasteiger partial charge < -0.3 is 9.64 Å². The number of nitrogens with one attached hydrogen (secondary N) is 1. The summed E-state index contributed by atoms with van der Waals surface area (Å²) in [4.78, 5) is 25.3. The standard InChI is InChI=1S/C18H24N2O3.C2H6/c1-20-11-3-2-4-14(20)12-13-5-7-15(8-6-13)23-16-9-10-17(21)19-18(16)22;1-2/h5-8,14,16H,2-4,9-12H2,1H3,(H,19,21,22);1-2H3. The average Bonchev–Trinajstić information content (AvgIpc) is 2.63. The van der Waals surface area contributed by atoms with Crippen LogP contribution in [0.2, 0.25) is 0 Å². The molecular formula is C20H30N2O3. The molecule has 2 aliphatic heterocycles. The molecule has 0 saturated carbocycles. The lowest BCUT2D eigenvalue weighted by Gasteiger charge is -2.32. The molecule has 2 amide bonds. The molecule has 0 aliphatic carbocycles. The van der Waals surface area contributed by atoms with Gasteiger partial charge in [0, 0.05) is 18.9 Å². The van der Waals surface area contributed by atoms with Gasteiger partial charge in [-0.15, -0.1) is 0 Å². The number of carbonyl (C=O) groups excluding carboxylic acids is 2. The number of carbonyl (C=O) groups is 2. The van der Waals surface area contributed by atoms with Gasteiger partial charge in [0.15, 0.2) is 6.10 Å². The molecule has 2 atom stereocenters. The Morgan fingerprint density at radius 2 is 1.84 bits per heavy atom. The van der Waals surface area contributed by atoms with Crippen LogP contribution >= 0.6 is 0 Å². The van der Waals surface area contributed by atoms with Crippen molar-refractivity contribution < 1.29 is 14.3 Å². The Kier molecular flexibility index (Phi) is 7.44. The lowest BCUT2D eigenvalue weighted by molar-refractivity contribution is -0.138. The number of likely N-dealkylation sites (tertiary alicyclic amines) is 1. The summed E-state index contributed by atoms with van der Waals surface area (Å²) in [5.41, 5.74) is 1.29. The van der Waals surface area contributed by atoms with E-state index in [1.165, 1.54) is 31.4 Å². The minimum Gasteiger partial charge on any atom is -0.481 e. The van der Waals surface area contributed by atoms with Gasteiger partial charge in [0.05, 0.1) is 0 Å². The first kappa shape index (κ1) is 19.4. The summed E-state index contributed by atoms with van der Waals surface area (Å²) in [6.07, 6.45) is 5.13. The van der Waals surface area contributed by atoms with Crippen molar-refractivity contribution >= 4 is 11.8 Å². The minimum atomic E-state index is -0.567. The Morgan fingerprint density at radius 1 is 1.12 bits per heavy atom. The molecule has 0 spiro atoms. The second-order valence-electron chi connectivity index (χ2n) is 6.54. The summed E-state index contributed by atoms with van der Waals surface area (Å²) in [6.45, 7) is 5.18. The molecule has 2 heterocycles. The second-order valence-corrected chi connectivity index (χ2v) is 6.54. The number of hydrogen-bond acceptors (Lipinski definition) is 4. The van der Waals surface area contributed by atoms with E-state index in [0.717, 1.165) is 6.42 Å². The molecule has 138 valence electrons. The lowest BCUT2D eigenvalue weighted by atomic mass is 9.96. The first-order valence-corrected chi connectivity index (χ1v) is 9.41. The third-order valence-electron chi connectivity index (χ3n) is 4.78. The largest absolute Gasteiger partial charge is 0.481 e. The second kappa shape index (κ2) is 9.56. The Labute approximate surface area is 150 Å². The van der Waals surface area contributed by atoms with Gasteiger partial charge in [-0.3, -0.25) is 14.9 Å². The van der Waals surface area contributed by atoms with Gasteiger partial charge in [0.1, 0.15) is 5.75 Å². The topological polar surface area (TPSA) is 58.6 Å². The molecule has 25 heavy (non-hydrogen) atoms. The van der Waals surface area contributed by atoms with Crippen LogP contribution in [0.5, 0.6) is 5.75 Å². The van der Waals surface area contributed by atoms with Crippen LogP contribution in [-0.4, -0.2) is 42.5 Å². The zero-order valence-corrected chi connectivity index (χ0v) is 15.6. The highest BCUT2D eigenvalue weighted by Crippen LogP contribution is 2.22. The number of piperidine rings is 2. The fraction of sp³-hybridized carbons (Fsp3) is 0.600. The van der Waals surface area contributed by atoms with Crippen molar-refractivity contribution in [1.82, 2.24) is 10.2 Å². The van der Waals surface area contributed by atoms with Crippen LogP contribution in [0, 0.1) is 0 Å². The van der Waals surface area contributed by atoms with E-state index in [-0.39, 0.29) is 11.8 Å². The predicted molar refractivity (Wildman–Crippen MR) is 98.6 cm³/mol. The highest BCUT2D eigenvalue weighted by atomic mass is 16.5. The van der Waals surface area contributed by atoms with Gasteiger partial charge in [0.2, 0.25) is 5.91 Å². The first-order chi connectivity index (χ1) is 12.1. The number of likely N-dealkylation sites (N-methyl/N-ethyl adjacent to an activating group) is 1. The van der Waals surface area contributed by atoms with E-state index in [4.69, 9.17) is 4.74 Å². The van der Waals surface area contributed by atoms with Gasteiger partial charge in [0.25, 0.3) is 5.91 Å². The smallest absolute Gasteiger partial charge is 0.267 e. The van der Waals surface area contributed by atoms with Crippen LogP contribution in [-0.2, 0) is 16.0 Å². The van der Waals surface area contributed by atoms with Crippen molar-refractivity contribution in [3.63, 3.8) is 0 Å². The van der Waals surface area contributed by atoms with Crippen LogP contribution in [0.1, 0.15) is 51.5 Å². The van der Waals surface area contributed by atoms with E-state index in [1.54, 1.807) is 0 Å². The van der Waals surface area contributed by atoms with Crippen LogP contribution in [0.15, 0.2) is 24.3 Å². The zero-order chi connectivity index (χ0) is 18.2. The maximum atomic E-state index is 11.7. The normalized spacial score (nSPS) is 24.1. The number of amides is 2. The van der Waals surface area contributed by atoms with E-state index in [0.29, 0.717) is 24.6 Å². The summed E-state index contributed by atoms with van der Waals surface area (Å²) >= 11 is 0. The Bertz CT molecular complexity index is 571. The number of rotatable bonds is 4. The lowest BCUT2D eigenvalue weighted by Crippen LogP contribution is -2.46. The number of imide groups is 1. The molecule has 1 aromatic rings. The monoisotopic (exact) mass is 346 g/mol.